The van der Waals surface area contributed by atoms with Crippen LogP contribution in [0.25, 0.3) is 0 Å². The maximum Gasteiger partial charge on any atom is 0.352 e. The Hall–Kier alpha value is -0.650. The number of nitrogens with one attached hydrogen (secondary N) is 1. The van der Waals surface area contributed by atoms with E-state index in [9.17, 15) is 4.79 Å². The molecule has 1 unspecified atom stereocenters. The largest absolute Gasteiger partial charge is 0.478 e. The minimum atomic E-state index is -2.01. The second kappa shape index (κ2) is 2.08. The predicted octanol–water partition coefficient (Wildman–Crippen LogP) is -1.76. The van der Waals surface area contributed by atoms with Crippen molar-refractivity contribution >= 4 is 5.97 Å². The SMILES string of the molecule is CC(O)(NN)C(=O)O. The van der Waals surface area contributed by atoms with Gasteiger partial charge in [0.15, 0.2) is 0 Å². The molecule has 5 heteroatoms. The number of carbonyl (C=O) groups is 1. The van der Waals surface area contributed by atoms with Crippen LogP contribution in [0.4, 0.5) is 0 Å². The Morgan fingerprint density at radius 2 is 2.25 bits per heavy atom. The molecule has 0 aliphatic rings. The molecule has 0 radical (unpaired) electrons. The first kappa shape index (κ1) is 7.35. The van der Waals surface area contributed by atoms with Crippen molar-refractivity contribution < 1.29 is 15.0 Å². The quantitative estimate of drug-likeness (QED) is 0.197. The molecule has 0 spiro atoms. The summed E-state index contributed by atoms with van der Waals surface area (Å²) in [4.78, 5) is 9.86. The zero-order valence-corrected chi connectivity index (χ0v) is 4.38. The topological polar surface area (TPSA) is 95.6 Å². The molecule has 1 atom stereocenters. The van der Waals surface area contributed by atoms with Crippen molar-refractivity contribution in [2.24, 2.45) is 5.84 Å². The van der Waals surface area contributed by atoms with Gasteiger partial charge in [0.25, 0.3) is 0 Å². The van der Waals surface area contributed by atoms with Gasteiger partial charge in [-0.15, -0.1) is 0 Å². The third-order valence-corrected chi connectivity index (χ3v) is 0.697. The second-order valence-electron chi connectivity index (χ2n) is 1.52. The van der Waals surface area contributed by atoms with E-state index in [0.29, 0.717) is 0 Å². The summed E-state index contributed by atoms with van der Waals surface area (Å²) in [6, 6.07) is 0. The zero-order chi connectivity index (χ0) is 6.78. The first-order chi connectivity index (χ1) is 3.50. The predicted molar refractivity (Wildman–Crippen MR) is 25.6 cm³/mol. The Labute approximate surface area is 46.1 Å². The third kappa shape index (κ3) is 1.45. The lowest BCUT2D eigenvalue weighted by molar-refractivity contribution is -0.160. The van der Waals surface area contributed by atoms with Crippen LogP contribution in [0.15, 0.2) is 0 Å². The Bertz CT molecular complexity index is 101. The number of aliphatic carboxylic acids is 1. The van der Waals surface area contributed by atoms with Crippen molar-refractivity contribution in [3.05, 3.63) is 0 Å². The summed E-state index contributed by atoms with van der Waals surface area (Å²) < 4.78 is 0. The third-order valence-electron chi connectivity index (χ3n) is 0.697. The van der Waals surface area contributed by atoms with Crippen molar-refractivity contribution in [3.63, 3.8) is 0 Å². The molecule has 5 nitrogen and oxygen atoms in total. The fourth-order valence-electron chi connectivity index (χ4n) is 0.0617. The van der Waals surface area contributed by atoms with Crippen LogP contribution >= 0.6 is 0 Å². The van der Waals surface area contributed by atoms with E-state index < -0.39 is 11.7 Å². The van der Waals surface area contributed by atoms with E-state index in [4.69, 9.17) is 10.2 Å². The molecule has 0 heterocycles. The molecule has 0 bridgehead atoms. The molecule has 0 aromatic rings. The molecule has 0 aromatic carbocycles. The monoisotopic (exact) mass is 120 g/mol. The van der Waals surface area contributed by atoms with E-state index >= 15 is 0 Å². The van der Waals surface area contributed by atoms with Gasteiger partial charge >= 0.3 is 5.97 Å². The fraction of sp³-hybridized carbons (Fsp3) is 0.667. The van der Waals surface area contributed by atoms with E-state index in [1.54, 1.807) is 5.43 Å². The van der Waals surface area contributed by atoms with Gasteiger partial charge < -0.3 is 10.2 Å². The van der Waals surface area contributed by atoms with E-state index in [-0.39, 0.29) is 0 Å². The summed E-state index contributed by atoms with van der Waals surface area (Å²) in [5.41, 5.74) is -0.317. The summed E-state index contributed by atoms with van der Waals surface area (Å²) in [6.45, 7) is 1.04. The van der Waals surface area contributed by atoms with Gasteiger partial charge in [-0.05, 0) is 6.92 Å². The molecule has 48 valence electrons. The van der Waals surface area contributed by atoms with Crippen LogP contribution in [0.1, 0.15) is 6.92 Å². The number of rotatable bonds is 2. The summed E-state index contributed by atoms with van der Waals surface area (Å²) in [5, 5.41) is 16.6. The van der Waals surface area contributed by atoms with Gasteiger partial charge in [-0.2, -0.15) is 0 Å². The van der Waals surface area contributed by atoms with Crippen LogP contribution in [-0.2, 0) is 4.79 Å². The lowest BCUT2D eigenvalue weighted by atomic mass is 10.3. The number of hydrogen-bond acceptors (Lipinski definition) is 4. The highest BCUT2D eigenvalue weighted by molar-refractivity contribution is 5.75. The van der Waals surface area contributed by atoms with Crippen LogP contribution in [0.5, 0.6) is 0 Å². The highest BCUT2D eigenvalue weighted by atomic mass is 16.4. The van der Waals surface area contributed by atoms with E-state index in [1.165, 1.54) is 0 Å². The molecule has 5 N–H and O–H groups in total. The van der Waals surface area contributed by atoms with Crippen LogP contribution in [0.2, 0.25) is 0 Å². The molecule has 8 heavy (non-hydrogen) atoms. The van der Waals surface area contributed by atoms with Gasteiger partial charge in [-0.25, -0.2) is 10.2 Å². The van der Waals surface area contributed by atoms with Crippen molar-refractivity contribution in [3.8, 4) is 0 Å². The first-order valence-electron chi connectivity index (χ1n) is 1.94. The fourth-order valence-corrected chi connectivity index (χ4v) is 0.0617. The van der Waals surface area contributed by atoms with Crippen molar-refractivity contribution in [1.82, 2.24) is 5.43 Å². The summed E-state index contributed by atoms with van der Waals surface area (Å²) in [6.07, 6.45) is 0. The van der Waals surface area contributed by atoms with E-state index in [2.05, 4.69) is 5.84 Å². The average Bonchev–Trinajstić information content (AvgIpc) is 1.67. The number of aliphatic hydroxyl groups is 1. The Kier molecular flexibility index (Phi) is 1.91. The molecule has 0 amide bonds. The molecular weight excluding hydrogens is 112 g/mol. The standard InChI is InChI=1S/C3H8N2O3/c1-3(8,5-4)2(6)7/h5,8H,4H2,1H3,(H,6,7). The van der Waals surface area contributed by atoms with Crippen molar-refractivity contribution in [2.75, 3.05) is 0 Å². The molecular formula is C3H8N2O3. The van der Waals surface area contributed by atoms with E-state index in [1.807, 2.05) is 0 Å². The molecule has 0 aromatic heterocycles. The number of nitrogens with two attached hydrogens (primary N) is 1. The molecule has 0 saturated carbocycles. The van der Waals surface area contributed by atoms with Gasteiger partial charge in [0, 0.05) is 0 Å². The molecule has 0 saturated heterocycles. The van der Waals surface area contributed by atoms with Gasteiger partial charge in [-0.1, -0.05) is 0 Å². The van der Waals surface area contributed by atoms with E-state index in [0.717, 1.165) is 6.92 Å². The Morgan fingerprint density at radius 1 is 1.88 bits per heavy atom. The molecule has 0 rings (SSSR count). The van der Waals surface area contributed by atoms with Crippen molar-refractivity contribution in [2.45, 2.75) is 12.6 Å². The highest BCUT2D eigenvalue weighted by Gasteiger charge is 2.27. The van der Waals surface area contributed by atoms with Crippen LogP contribution < -0.4 is 11.3 Å². The van der Waals surface area contributed by atoms with Crippen LogP contribution in [-0.4, -0.2) is 21.9 Å². The molecule has 0 aliphatic heterocycles. The first-order valence-corrected chi connectivity index (χ1v) is 1.94. The minimum Gasteiger partial charge on any atom is -0.478 e. The zero-order valence-electron chi connectivity index (χ0n) is 4.38. The average molecular weight is 120 g/mol. The van der Waals surface area contributed by atoms with Crippen LogP contribution in [0.3, 0.4) is 0 Å². The van der Waals surface area contributed by atoms with Gasteiger partial charge in [-0.3, -0.25) is 5.84 Å². The number of hydrogen-bond donors (Lipinski definition) is 4. The maximum atomic E-state index is 9.86. The smallest absolute Gasteiger partial charge is 0.352 e. The Morgan fingerprint density at radius 3 is 2.25 bits per heavy atom. The summed E-state index contributed by atoms with van der Waals surface area (Å²) in [7, 11) is 0. The minimum absolute atomic E-state index is 1.04. The number of hydrazine groups is 1. The maximum absolute atomic E-state index is 9.86. The number of carboxylic acid groups (broad SMARTS) is 1. The Balaban J connectivity index is 3.91. The summed E-state index contributed by atoms with van der Waals surface area (Å²) >= 11 is 0. The van der Waals surface area contributed by atoms with Crippen molar-refractivity contribution in [1.29, 1.82) is 0 Å². The summed E-state index contributed by atoms with van der Waals surface area (Å²) in [5.74, 6) is 3.22. The van der Waals surface area contributed by atoms with Gasteiger partial charge in [0.1, 0.15) is 0 Å². The molecule has 0 fully saturated rings. The number of carboxylic acids is 1. The highest BCUT2D eigenvalue weighted by Crippen LogP contribution is 1.92. The van der Waals surface area contributed by atoms with Gasteiger partial charge in [0.2, 0.25) is 5.72 Å². The lowest BCUT2D eigenvalue weighted by Crippen LogP contribution is -2.52. The lowest BCUT2D eigenvalue weighted by Gasteiger charge is -2.14. The van der Waals surface area contributed by atoms with Crippen LogP contribution in [0, 0.1) is 0 Å². The normalized spacial score (nSPS) is 17.4. The second-order valence-corrected chi connectivity index (χ2v) is 1.52. The molecule has 0 aliphatic carbocycles. The van der Waals surface area contributed by atoms with Gasteiger partial charge in [0.05, 0.1) is 0 Å².